The van der Waals surface area contributed by atoms with Crippen LogP contribution in [0.2, 0.25) is 0 Å². The van der Waals surface area contributed by atoms with Gasteiger partial charge in [0, 0.05) is 6.42 Å². The van der Waals surface area contributed by atoms with Gasteiger partial charge >= 0.3 is 0 Å². The van der Waals surface area contributed by atoms with E-state index in [0.717, 1.165) is 32.1 Å². The largest absolute Gasteiger partial charge is 0.394 e. The lowest BCUT2D eigenvalue weighted by Crippen LogP contribution is -2.45. The van der Waals surface area contributed by atoms with Gasteiger partial charge in [-0.2, -0.15) is 0 Å². The summed E-state index contributed by atoms with van der Waals surface area (Å²) in [5.74, 6) is -0.0681. The van der Waals surface area contributed by atoms with Crippen molar-refractivity contribution in [2.75, 3.05) is 6.61 Å². The number of carbonyl (C=O) groups is 1. The van der Waals surface area contributed by atoms with Crippen LogP contribution in [-0.2, 0) is 4.79 Å². The van der Waals surface area contributed by atoms with Gasteiger partial charge < -0.3 is 15.5 Å². The highest BCUT2D eigenvalue weighted by atomic mass is 16.3. The molecule has 2 atom stereocenters. The van der Waals surface area contributed by atoms with Crippen LogP contribution < -0.4 is 5.32 Å². The van der Waals surface area contributed by atoms with Crippen molar-refractivity contribution in [3.8, 4) is 0 Å². The molecule has 1 amide bonds. The predicted molar refractivity (Wildman–Crippen MR) is 262 cm³/mol. The molecule has 0 spiro atoms. The number of hydrogen-bond donors (Lipinski definition) is 3. The van der Waals surface area contributed by atoms with Gasteiger partial charge in [0.15, 0.2) is 0 Å². The van der Waals surface area contributed by atoms with Crippen molar-refractivity contribution in [3.05, 3.63) is 24.3 Å². The first-order valence-electron chi connectivity index (χ1n) is 27.1. The molecule has 0 saturated carbocycles. The number of hydrogen-bond acceptors (Lipinski definition) is 3. The maximum Gasteiger partial charge on any atom is 0.220 e. The molecule has 350 valence electrons. The Morgan fingerprint density at radius 1 is 0.390 bits per heavy atom. The molecule has 0 aliphatic carbocycles. The molecule has 0 rings (SSSR count). The minimum Gasteiger partial charge on any atom is -0.394 e. The number of carbonyl (C=O) groups excluding carboxylic acids is 1. The summed E-state index contributed by atoms with van der Waals surface area (Å²) >= 11 is 0. The van der Waals surface area contributed by atoms with Gasteiger partial charge in [-0.3, -0.25) is 4.79 Å². The van der Waals surface area contributed by atoms with Crippen molar-refractivity contribution in [1.82, 2.24) is 5.32 Å². The Balaban J connectivity index is 3.49. The third-order valence-electron chi connectivity index (χ3n) is 12.7. The van der Waals surface area contributed by atoms with Crippen molar-refractivity contribution in [3.63, 3.8) is 0 Å². The van der Waals surface area contributed by atoms with Gasteiger partial charge in [0.05, 0.1) is 18.8 Å². The number of unbranched alkanes of at least 4 members (excludes halogenated alkanes) is 41. The molecular formula is C55H107NO3. The summed E-state index contributed by atoms with van der Waals surface area (Å²) < 4.78 is 0. The second-order valence-corrected chi connectivity index (χ2v) is 18.7. The van der Waals surface area contributed by atoms with Crippen molar-refractivity contribution >= 4 is 5.91 Å². The summed E-state index contributed by atoms with van der Waals surface area (Å²) in [5, 5.41) is 23.1. The predicted octanol–water partition coefficient (Wildman–Crippen LogP) is 17.5. The van der Waals surface area contributed by atoms with E-state index in [1.54, 1.807) is 6.08 Å². The fourth-order valence-electron chi connectivity index (χ4n) is 8.55. The third-order valence-corrected chi connectivity index (χ3v) is 12.7. The maximum absolute atomic E-state index is 12.4. The first kappa shape index (κ1) is 57.9. The summed E-state index contributed by atoms with van der Waals surface area (Å²) in [6.07, 6.45) is 67.7. The van der Waals surface area contributed by atoms with Crippen molar-refractivity contribution in [1.29, 1.82) is 0 Å². The first-order chi connectivity index (χ1) is 29.2. The molecular weight excluding hydrogens is 723 g/mol. The van der Waals surface area contributed by atoms with Gasteiger partial charge in [-0.05, 0) is 32.1 Å². The summed E-state index contributed by atoms with van der Waals surface area (Å²) in [4.78, 5) is 12.4. The second kappa shape index (κ2) is 51.2. The molecule has 59 heavy (non-hydrogen) atoms. The Labute approximate surface area is 370 Å². The minimum absolute atomic E-state index is 0.0681. The molecule has 0 aliphatic heterocycles. The second-order valence-electron chi connectivity index (χ2n) is 18.7. The van der Waals surface area contributed by atoms with Crippen molar-refractivity contribution in [2.45, 2.75) is 315 Å². The Kier molecular flexibility index (Phi) is 50.2. The van der Waals surface area contributed by atoms with Crippen LogP contribution in [0.5, 0.6) is 0 Å². The Bertz CT molecular complexity index is 855. The van der Waals surface area contributed by atoms with E-state index in [0.29, 0.717) is 6.42 Å². The highest BCUT2D eigenvalue weighted by molar-refractivity contribution is 5.76. The van der Waals surface area contributed by atoms with Crippen LogP contribution >= 0.6 is 0 Å². The highest BCUT2D eigenvalue weighted by Crippen LogP contribution is 2.17. The highest BCUT2D eigenvalue weighted by Gasteiger charge is 2.18. The van der Waals surface area contributed by atoms with Crippen LogP contribution in [0.15, 0.2) is 24.3 Å². The van der Waals surface area contributed by atoms with Crippen molar-refractivity contribution < 1.29 is 15.0 Å². The number of amides is 1. The van der Waals surface area contributed by atoms with E-state index >= 15 is 0 Å². The van der Waals surface area contributed by atoms with E-state index in [4.69, 9.17) is 0 Å². The minimum atomic E-state index is -0.859. The van der Waals surface area contributed by atoms with Crippen LogP contribution in [0.4, 0.5) is 0 Å². The van der Waals surface area contributed by atoms with Gasteiger partial charge in [-0.25, -0.2) is 0 Å². The van der Waals surface area contributed by atoms with Crippen LogP contribution in [0, 0.1) is 0 Å². The van der Waals surface area contributed by atoms with Crippen LogP contribution in [-0.4, -0.2) is 34.9 Å². The molecule has 0 bridgehead atoms. The summed E-state index contributed by atoms with van der Waals surface area (Å²) in [6.45, 7) is 4.33. The average molecular weight is 830 g/mol. The standard InChI is InChI=1S/C55H107NO3/c1-3-5-7-9-11-13-15-17-19-21-23-24-25-26-27-28-29-30-31-32-33-34-36-38-40-42-44-46-48-50-54(58)53(52-57)56-55(59)51-49-47-45-43-41-39-37-35-22-20-18-16-14-12-10-8-6-4-2/h40,42,48,50,53-54,57-58H,3-39,41,43-47,49,51-52H2,1-2H3,(H,56,59)/b42-40+,50-48+. The molecule has 0 fully saturated rings. The fourth-order valence-corrected chi connectivity index (χ4v) is 8.55. The van der Waals surface area contributed by atoms with Crippen LogP contribution in [0.3, 0.4) is 0 Å². The molecule has 3 N–H and O–H groups in total. The Morgan fingerprint density at radius 2 is 0.661 bits per heavy atom. The number of rotatable bonds is 50. The number of aliphatic hydroxyl groups excluding tert-OH is 2. The Hall–Kier alpha value is -1.13. The lowest BCUT2D eigenvalue weighted by atomic mass is 10.0. The van der Waals surface area contributed by atoms with Gasteiger partial charge in [-0.1, -0.05) is 289 Å². The van der Waals surface area contributed by atoms with Gasteiger partial charge in [0.1, 0.15) is 0 Å². The summed E-state index contributed by atoms with van der Waals surface area (Å²) in [6, 6.07) is -0.636. The topological polar surface area (TPSA) is 69.6 Å². The molecule has 0 heterocycles. The molecule has 0 aromatic heterocycles. The van der Waals surface area contributed by atoms with Crippen LogP contribution in [0.25, 0.3) is 0 Å². The van der Waals surface area contributed by atoms with E-state index in [1.807, 2.05) is 6.08 Å². The summed E-state index contributed by atoms with van der Waals surface area (Å²) in [7, 11) is 0. The van der Waals surface area contributed by atoms with E-state index in [-0.39, 0.29) is 12.5 Å². The lowest BCUT2D eigenvalue weighted by Gasteiger charge is -2.19. The number of aliphatic hydroxyl groups is 2. The third kappa shape index (κ3) is 47.8. The average Bonchev–Trinajstić information content (AvgIpc) is 3.24. The van der Waals surface area contributed by atoms with E-state index in [9.17, 15) is 15.0 Å². The number of allylic oxidation sites excluding steroid dienone is 3. The molecule has 0 saturated heterocycles. The van der Waals surface area contributed by atoms with Gasteiger partial charge in [-0.15, -0.1) is 0 Å². The molecule has 0 radical (unpaired) electrons. The molecule has 4 heteroatoms. The molecule has 2 unspecified atom stereocenters. The van der Waals surface area contributed by atoms with Gasteiger partial charge in [0.25, 0.3) is 0 Å². The zero-order valence-corrected chi connectivity index (χ0v) is 40.3. The maximum atomic E-state index is 12.4. The molecule has 0 aromatic rings. The SMILES string of the molecule is CCCCCCCCCCCCCCCCCCCCCCCCC/C=C/CC/C=C/C(O)C(CO)NC(=O)CCCCCCCCCCCCCCCCCCCC. The molecule has 4 nitrogen and oxygen atoms in total. The lowest BCUT2D eigenvalue weighted by molar-refractivity contribution is -0.123. The zero-order chi connectivity index (χ0) is 42.8. The van der Waals surface area contributed by atoms with Gasteiger partial charge in [0.2, 0.25) is 5.91 Å². The first-order valence-corrected chi connectivity index (χ1v) is 27.1. The van der Waals surface area contributed by atoms with Crippen LogP contribution in [0.1, 0.15) is 303 Å². The monoisotopic (exact) mass is 830 g/mol. The normalized spacial score (nSPS) is 12.9. The van der Waals surface area contributed by atoms with E-state index < -0.39 is 12.1 Å². The molecule has 0 aromatic carbocycles. The number of nitrogens with one attached hydrogen (secondary N) is 1. The van der Waals surface area contributed by atoms with E-state index in [1.165, 1.54) is 250 Å². The van der Waals surface area contributed by atoms with E-state index in [2.05, 4.69) is 31.3 Å². The molecule has 0 aliphatic rings. The smallest absolute Gasteiger partial charge is 0.220 e. The summed E-state index contributed by atoms with van der Waals surface area (Å²) in [5.41, 5.74) is 0. The zero-order valence-electron chi connectivity index (χ0n) is 40.3. The van der Waals surface area contributed by atoms with Crippen molar-refractivity contribution in [2.24, 2.45) is 0 Å². The Morgan fingerprint density at radius 3 is 0.983 bits per heavy atom. The quantitative estimate of drug-likeness (QED) is 0.0422. The fraction of sp³-hybridized carbons (Fsp3) is 0.909.